The summed E-state index contributed by atoms with van der Waals surface area (Å²) in [6.45, 7) is 9.22. The number of rotatable bonds is 30. The van der Waals surface area contributed by atoms with Gasteiger partial charge in [-0.1, -0.05) is 179 Å². The molecule has 0 aliphatic rings. The summed E-state index contributed by atoms with van der Waals surface area (Å²) in [5, 5.41) is 0. The summed E-state index contributed by atoms with van der Waals surface area (Å²) >= 11 is 0. The van der Waals surface area contributed by atoms with Gasteiger partial charge in [-0.25, -0.2) is 0 Å². The van der Waals surface area contributed by atoms with Crippen molar-refractivity contribution in [3.63, 3.8) is 0 Å². The zero-order chi connectivity index (χ0) is 28.9. The highest BCUT2D eigenvalue weighted by atomic mass is 15.1. The van der Waals surface area contributed by atoms with E-state index in [2.05, 4.69) is 62.0 Å². The van der Waals surface area contributed by atoms with Crippen LogP contribution in [0.2, 0.25) is 0 Å². The fourth-order valence-corrected chi connectivity index (χ4v) is 6.05. The monoisotopic (exact) mass is 557 g/mol. The molecule has 2 heteroatoms. The van der Waals surface area contributed by atoms with Crippen LogP contribution in [0, 0.1) is 0 Å². The molecule has 0 aliphatic carbocycles. The lowest BCUT2D eigenvalue weighted by Gasteiger charge is -2.22. The average Bonchev–Trinajstić information content (AvgIpc) is 2.95. The molecule has 0 radical (unpaired) electrons. The molecule has 0 heterocycles. The van der Waals surface area contributed by atoms with Crippen molar-refractivity contribution in [3.05, 3.63) is 35.4 Å². The Morgan fingerprint density at radius 1 is 0.375 bits per heavy atom. The summed E-state index contributed by atoms with van der Waals surface area (Å²) in [5.74, 6) is 0. The van der Waals surface area contributed by atoms with Gasteiger partial charge in [-0.15, -0.1) is 0 Å². The molecule has 0 bridgehead atoms. The van der Waals surface area contributed by atoms with Gasteiger partial charge < -0.3 is 9.80 Å². The highest BCUT2D eigenvalue weighted by molar-refractivity contribution is 5.27. The van der Waals surface area contributed by atoms with Gasteiger partial charge in [-0.2, -0.15) is 0 Å². The lowest BCUT2D eigenvalue weighted by molar-refractivity contribution is 0.301. The first-order chi connectivity index (χ1) is 19.7. The van der Waals surface area contributed by atoms with Crippen LogP contribution in [-0.4, -0.2) is 37.0 Å². The Hall–Kier alpha value is -0.860. The largest absolute Gasteiger partial charge is 0.302 e. The van der Waals surface area contributed by atoms with Crippen LogP contribution in [0.15, 0.2) is 24.3 Å². The van der Waals surface area contributed by atoms with Crippen LogP contribution in [0.3, 0.4) is 0 Å². The van der Waals surface area contributed by atoms with Crippen molar-refractivity contribution in [2.45, 2.75) is 181 Å². The molecule has 0 N–H and O–H groups in total. The van der Waals surface area contributed by atoms with Gasteiger partial charge in [0, 0.05) is 13.1 Å². The normalized spacial score (nSPS) is 11.8. The van der Waals surface area contributed by atoms with Crippen LogP contribution in [0.1, 0.15) is 179 Å². The lowest BCUT2D eigenvalue weighted by atomic mass is 10.0. The molecule has 0 saturated heterocycles. The van der Waals surface area contributed by atoms with Crippen molar-refractivity contribution in [2.24, 2.45) is 0 Å². The number of nitrogens with zero attached hydrogens (tertiary/aromatic N) is 2. The highest BCUT2D eigenvalue weighted by Gasteiger charge is 2.08. The maximum Gasteiger partial charge on any atom is 0.0233 e. The van der Waals surface area contributed by atoms with E-state index in [4.69, 9.17) is 0 Å². The number of unbranched alkanes of at least 4 members (excludes halogenated alkanes) is 22. The quantitative estimate of drug-likeness (QED) is 0.0869. The Bertz CT molecular complexity index is 587. The summed E-state index contributed by atoms with van der Waals surface area (Å²) in [6, 6.07) is 9.15. The summed E-state index contributed by atoms with van der Waals surface area (Å²) < 4.78 is 0. The maximum atomic E-state index is 2.54. The van der Waals surface area contributed by atoms with Crippen LogP contribution in [0.25, 0.3) is 0 Å². The molecule has 1 aromatic carbocycles. The molecule has 0 fully saturated rings. The van der Waals surface area contributed by atoms with E-state index in [0.717, 1.165) is 13.1 Å². The van der Waals surface area contributed by atoms with Gasteiger partial charge >= 0.3 is 0 Å². The second-order valence-corrected chi connectivity index (χ2v) is 13.0. The molecule has 234 valence electrons. The average molecular weight is 557 g/mol. The standard InChI is InChI=1S/C38H72N2/c1-5-7-9-11-13-15-17-19-21-23-25-29-33-39(3)35-37-31-27-28-32-38(37)36-40(4)34-30-26-24-22-20-18-16-14-12-10-8-6-2/h27-28,31-32H,5-26,29-30,33-36H2,1-4H3. The topological polar surface area (TPSA) is 6.48 Å². The van der Waals surface area contributed by atoms with Crippen molar-refractivity contribution >= 4 is 0 Å². The molecule has 0 spiro atoms. The van der Waals surface area contributed by atoms with Crippen molar-refractivity contribution in [2.75, 3.05) is 27.2 Å². The first-order valence-electron chi connectivity index (χ1n) is 18.1. The van der Waals surface area contributed by atoms with E-state index < -0.39 is 0 Å². The van der Waals surface area contributed by atoms with Crippen LogP contribution in [0.4, 0.5) is 0 Å². The molecule has 2 nitrogen and oxygen atoms in total. The first kappa shape index (κ1) is 37.2. The van der Waals surface area contributed by atoms with Gasteiger partial charge in [0.25, 0.3) is 0 Å². The third-order valence-corrected chi connectivity index (χ3v) is 8.79. The molecular weight excluding hydrogens is 484 g/mol. The van der Waals surface area contributed by atoms with E-state index in [9.17, 15) is 0 Å². The molecular formula is C38H72N2. The molecule has 0 atom stereocenters. The molecule has 0 amide bonds. The molecule has 0 aromatic heterocycles. The Labute approximate surface area is 253 Å². The third kappa shape index (κ3) is 22.8. The fraction of sp³-hybridized carbons (Fsp3) is 0.842. The Morgan fingerprint density at radius 2 is 0.625 bits per heavy atom. The molecule has 0 aliphatic heterocycles. The SMILES string of the molecule is CCCCCCCCCCCCCCN(C)Cc1ccccc1CN(C)CCCCCCCCCCCCCC. The van der Waals surface area contributed by atoms with Crippen LogP contribution in [-0.2, 0) is 13.1 Å². The van der Waals surface area contributed by atoms with Crippen molar-refractivity contribution in [1.82, 2.24) is 9.80 Å². The summed E-state index contributed by atoms with van der Waals surface area (Å²) in [4.78, 5) is 5.08. The minimum atomic E-state index is 1.08. The number of benzene rings is 1. The fourth-order valence-electron chi connectivity index (χ4n) is 6.05. The van der Waals surface area contributed by atoms with Crippen LogP contribution >= 0.6 is 0 Å². The summed E-state index contributed by atoms with van der Waals surface area (Å²) in [6.07, 6.45) is 34.2. The van der Waals surface area contributed by atoms with E-state index in [1.807, 2.05) is 0 Å². The van der Waals surface area contributed by atoms with Gasteiger partial charge in [-0.3, -0.25) is 0 Å². The second-order valence-electron chi connectivity index (χ2n) is 13.0. The van der Waals surface area contributed by atoms with Gasteiger partial charge in [-0.05, 0) is 51.2 Å². The van der Waals surface area contributed by atoms with Crippen molar-refractivity contribution < 1.29 is 0 Å². The van der Waals surface area contributed by atoms with E-state index in [1.165, 1.54) is 178 Å². The predicted octanol–water partition coefficient (Wildman–Crippen LogP) is 12.0. The van der Waals surface area contributed by atoms with Gasteiger partial charge in [0.2, 0.25) is 0 Å². The summed E-state index contributed by atoms with van der Waals surface area (Å²) in [7, 11) is 4.62. The first-order valence-corrected chi connectivity index (χ1v) is 18.1. The number of hydrogen-bond donors (Lipinski definition) is 0. The zero-order valence-electron chi connectivity index (χ0n) is 28.0. The minimum Gasteiger partial charge on any atom is -0.302 e. The van der Waals surface area contributed by atoms with Gasteiger partial charge in [0.1, 0.15) is 0 Å². The smallest absolute Gasteiger partial charge is 0.0233 e. The van der Waals surface area contributed by atoms with Crippen LogP contribution in [0.5, 0.6) is 0 Å². The van der Waals surface area contributed by atoms with Crippen molar-refractivity contribution in [1.29, 1.82) is 0 Å². The Morgan fingerprint density at radius 3 is 0.900 bits per heavy atom. The van der Waals surface area contributed by atoms with Crippen LogP contribution < -0.4 is 0 Å². The Balaban J connectivity index is 2.07. The Kier molecular flexibility index (Phi) is 26.3. The van der Waals surface area contributed by atoms with E-state index in [0.29, 0.717) is 0 Å². The molecule has 0 saturated carbocycles. The second kappa shape index (κ2) is 28.3. The third-order valence-electron chi connectivity index (χ3n) is 8.79. The molecule has 1 aromatic rings. The van der Waals surface area contributed by atoms with E-state index in [-0.39, 0.29) is 0 Å². The zero-order valence-corrected chi connectivity index (χ0v) is 28.0. The summed E-state index contributed by atoms with van der Waals surface area (Å²) in [5.41, 5.74) is 3.04. The maximum absolute atomic E-state index is 2.54. The van der Waals surface area contributed by atoms with E-state index in [1.54, 1.807) is 0 Å². The molecule has 40 heavy (non-hydrogen) atoms. The van der Waals surface area contributed by atoms with E-state index >= 15 is 0 Å². The predicted molar refractivity (Wildman–Crippen MR) is 181 cm³/mol. The molecule has 1 rings (SSSR count). The lowest BCUT2D eigenvalue weighted by Crippen LogP contribution is -2.23. The van der Waals surface area contributed by atoms with Crippen molar-refractivity contribution in [3.8, 4) is 0 Å². The van der Waals surface area contributed by atoms with Gasteiger partial charge in [0.15, 0.2) is 0 Å². The highest BCUT2D eigenvalue weighted by Crippen LogP contribution is 2.16. The molecule has 0 unspecified atom stereocenters. The van der Waals surface area contributed by atoms with Gasteiger partial charge in [0.05, 0.1) is 0 Å². The number of hydrogen-bond acceptors (Lipinski definition) is 2. The minimum absolute atomic E-state index is 1.08.